The van der Waals surface area contributed by atoms with Gasteiger partial charge in [-0.05, 0) is 36.8 Å². The number of rotatable bonds is 7. The number of halogens is 1. The normalized spacial score (nSPS) is 12.2. The molecular formula is C25H23ClN6O2. The van der Waals surface area contributed by atoms with Crippen LogP contribution in [0.15, 0.2) is 67.4 Å². The summed E-state index contributed by atoms with van der Waals surface area (Å²) >= 11 is 6.07. The molecular weight excluding hydrogens is 452 g/mol. The Morgan fingerprint density at radius 3 is 2.85 bits per heavy atom. The number of benzene rings is 1. The molecule has 0 saturated carbocycles. The summed E-state index contributed by atoms with van der Waals surface area (Å²) in [6.07, 6.45) is 9.12. The van der Waals surface area contributed by atoms with Crippen LogP contribution in [0.5, 0.6) is 0 Å². The first-order valence-electron chi connectivity index (χ1n) is 10.9. The van der Waals surface area contributed by atoms with Crippen LogP contribution in [0.1, 0.15) is 29.0 Å². The minimum Gasteiger partial charge on any atom is -0.394 e. The second-order valence-corrected chi connectivity index (χ2v) is 8.53. The summed E-state index contributed by atoms with van der Waals surface area (Å²) < 4.78 is 1.69. The van der Waals surface area contributed by atoms with E-state index in [9.17, 15) is 4.79 Å². The van der Waals surface area contributed by atoms with Gasteiger partial charge in [0, 0.05) is 57.5 Å². The van der Waals surface area contributed by atoms with E-state index < -0.39 is 0 Å². The monoisotopic (exact) mass is 474 g/mol. The number of nitrogens with zero attached hydrogens (tertiary/aromatic N) is 3. The van der Waals surface area contributed by atoms with Gasteiger partial charge < -0.3 is 20.4 Å². The molecule has 0 spiro atoms. The number of carbonyl (C=O) groups is 1. The highest BCUT2D eigenvalue weighted by Gasteiger charge is 2.16. The highest BCUT2D eigenvalue weighted by atomic mass is 35.5. The number of pyridine rings is 1. The van der Waals surface area contributed by atoms with Gasteiger partial charge in [-0.15, -0.1) is 0 Å². The number of aromatic amines is 2. The van der Waals surface area contributed by atoms with Crippen molar-refractivity contribution < 1.29 is 9.90 Å². The number of amides is 1. The highest BCUT2D eigenvalue weighted by Crippen LogP contribution is 2.31. The van der Waals surface area contributed by atoms with Crippen LogP contribution in [-0.2, 0) is 6.54 Å². The zero-order valence-electron chi connectivity index (χ0n) is 18.4. The summed E-state index contributed by atoms with van der Waals surface area (Å²) in [7, 11) is 0. The summed E-state index contributed by atoms with van der Waals surface area (Å²) in [6.45, 7) is 2.39. The molecule has 4 heterocycles. The number of carbonyl (C=O) groups excluding carboxylic acids is 1. The van der Waals surface area contributed by atoms with Crippen molar-refractivity contribution in [2.45, 2.75) is 19.5 Å². The van der Waals surface area contributed by atoms with Crippen LogP contribution in [0.25, 0.3) is 33.3 Å². The molecule has 1 amide bonds. The molecule has 1 aromatic carbocycles. The third-order valence-electron chi connectivity index (χ3n) is 5.76. The van der Waals surface area contributed by atoms with Gasteiger partial charge in [0.2, 0.25) is 0 Å². The van der Waals surface area contributed by atoms with Crippen molar-refractivity contribution in [2.24, 2.45) is 0 Å². The maximum Gasteiger partial charge on any atom is 0.268 e. The fourth-order valence-corrected chi connectivity index (χ4v) is 4.15. The van der Waals surface area contributed by atoms with E-state index in [0.29, 0.717) is 17.3 Å². The molecule has 0 fully saturated rings. The van der Waals surface area contributed by atoms with E-state index in [0.717, 1.165) is 38.9 Å². The van der Waals surface area contributed by atoms with E-state index in [-0.39, 0.29) is 18.6 Å². The lowest BCUT2D eigenvalue weighted by Crippen LogP contribution is -2.26. The highest BCUT2D eigenvalue weighted by molar-refractivity contribution is 6.30. The molecule has 0 aliphatic rings. The SMILES string of the molecule is C[C@@H](NC(=O)c1cc(-c2c[nH]c3ncc(-c4cnn(CCO)c4)cc23)c[nH]1)c1cccc(Cl)c1. The molecule has 5 aromatic rings. The molecule has 4 N–H and O–H groups in total. The fraction of sp³-hybridized carbons (Fsp3) is 0.160. The first-order chi connectivity index (χ1) is 16.5. The average molecular weight is 475 g/mol. The lowest BCUT2D eigenvalue weighted by molar-refractivity contribution is 0.0935. The molecule has 34 heavy (non-hydrogen) atoms. The molecule has 9 heteroatoms. The number of fused-ring (bicyclic) bond motifs is 1. The van der Waals surface area contributed by atoms with Gasteiger partial charge in [-0.25, -0.2) is 4.98 Å². The number of hydrogen-bond donors (Lipinski definition) is 4. The second-order valence-electron chi connectivity index (χ2n) is 8.09. The van der Waals surface area contributed by atoms with Crippen molar-refractivity contribution in [1.82, 2.24) is 30.0 Å². The van der Waals surface area contributed by atoms with Gasteiger partial charge >= 0.3 is 0 Å². The summed E-state index contributed by atoms with van der Waals surface area (Å²) in [5.41, 5.74) is 5.80. The molecule has 0 radical (unpaired) electrons. The number of H-pyrrole nitrogens is 2. The number of aromatic nitrogens is 5. The summed E-state index contributed by atoms with van der Waals surface area (Å²) in [5, 5.41) is 18.0. The Morgan fingerprint density at radius 1 is 1.15 bits per heavy atom. The van der Waals surface area contributed by atoms with E-state index >= 15 is 0 Å². The minimum absolute atomic E-state index is 0.0294. The number of nitrogens with one attached hydrogen (secondary N) is 3. The summed E-state index contributed by atoms with van der Waals surface area (Å²) in [6, 6.07) is 11.1. The van der Waals surface area contributed by atoms with Gasteiger partial charge in [0.05, 0.1) is 25.4 Å². The maximum absolute atomic E-state index is 12.8. The Kier molecular flexibility index (Phi) is 5.91. The zero-order valence-corrected chi connectivity index (χ0v) is 19.2. The summed E-state index contributed by atoms with van der Waals surface area (Å²) in [4.78, 5) is 23.6. The molecule has 0 unspecified atom stereocenters. The molecule has 0 aliphatic carbocycles. The smallest absolute Gasteiger partial charge is 0.268 e. The Morgan fingerprint density at radius 2 is 2.03 bits per heavy atom. The molecule has 4 aromatic heterocycles. The van der Waals surface area contributed by atoms with Crippen LogP contribution in [0.3, 0.4) is 0 Å². The third kappa shape index (κ3) is 4.33. The zero-order chi connectivity index (χ0) is 23.7. The molecule has 172 valence electrons. The van der Waals surface area contributed by atoms with Gasteiger partial charge in [0.15, 0.2) is 0 Å². The topological polar surface area (TPSA) is 112 Å². The van der Waals surface area contributed by atoms with E-state index in [1.54, 1.807) is 23.1 Å². The van der Waals surface area contributed by atoms with E-state index in [2.05, 4.69) is 25.4 Å². The van der Waals surface area contributed by atoms with Crippen molar-refractivity contribution in [1.29, 1.82) is 0 Å². The Labute approximate surface area is 200 Å². The van der Waals surface area contributed by atoms with Crippen molar-refractivity contribution >= 4 is 28.5 Å². The molecule has 0 aliphatic heterocycles. The lowest BCUT2D eigenvalue weighted by Gasteiger charge is -2.14. The minimum atomic E-state index is -0.200. The average Bonchev–Trinajstić information content (AvgIpc) is 3.58. The maximum atomic E-state index is 12.8. The Balaban J connectivity index is 1.39. The second kappa shape index (κ2) is 9.17. The Hall–Kier alpha value is -3.88. The van der Waals surface area contributed by atoms with Crippen LogP contribution < -0.4 is 5.32 Å². The van der Waals surface area contributed by atoms with Crippen LogP contribution in [-0.4, -0.2) is 42.4 Å². The van der Waals surface area contributed by atoms with Gasteiger partial charge in [0.25, 0.3) is 5.91 Å². The van der Waals surface area contributed by atoms with E-state index in [1.807, 2.05) is 55.8 Å². The van der Waals surface area contributed by atoms with Crippen molar-refractivity contribution in [3.63, 3.8) is 0 Å². The van der Waals surface area contributed by atoms with Gasteiger partial charge in [0.1, 0.15) is 11.3 Å². The third-order valence-corrected chi connectivity index (χ3v) is 6.00. The molecule has 0 bridgehead atoms. The predicted molar refractivity (Wildman–Crippen MR) is 132 cm³/mol. The Bertz CT molecular complexity index is 1470. The first-order valence-corrected chi connectivity index (χ1v) is 11.3. The van der Waals surface area contributed by atoms with Crippen LogP contribution in [0.2, 0.25) is 5.02 Å². The van der Waals surface area contributed by atoms with Gasteiger partial charge in [-0.3, -0.25) is 9.48 Å². The quantitative estimate of drug-likeness (QED) is 0.277. The first kappa shape index (κ1) is 21.9. The molecule has 0 saturated heterocycles. The lowest BCUT2D eigenvalue weighted by atomic mass is 10.1. The fourth-order valence-electron chi connectivity index (χ4n) is 3.95. The van der Waals surface area contributed by atoms with Gasteiger partial charge in [-0.2, -0.15) is 5.10 Å². The van der Waals surface area contributed by atoms with Crippen molar-refractivity contribution in [2.75, 3.05) is 6.61 Å². The van der Waals surface area contributed by atoms with E-state index in [1.165, 1.54) is 0 Å². The number of hydrogen-bond acceptors (Lipinski definition) is 4. The number of aliphatic hydroxyl groups excluding tert-OH is 1. The molecule has 8 nitrogen and oxygen atoms in total. The van der Waals surface area contributed by atoms with Crippen LogP contribution >= 0.6 is 11.6 Å². The summed E-state index contributed by atoms with van der Waals surface area (Å²) in [5.74, 6) is -0.200. The molecule has 1 atom stereocenters. The van der Waals surface area contributed by atoms with Crippen LogP contribution in [0.4, 0.5) is 0 Å². The number of aliphatic hydroxyl groups is 1. The standard InChI is InChI=1S/C25H23ClN6O2/c1-15(16-3-2-4-20(26)7-16)31-25(34)23-9-18(11-27-23)22-13-29-24-21(22)8-17(10-28-24)19-12-30-32(14-19)5-6-33/h2-4,7-15,27,33H,5-6H2,1H3,(H,28,29)(H,31,34)/t15-/m1/s1. The van der Waals surface area contributed by atoms with E-state index in [4.69, 9.17) is 16.7 Å². The van der Waals surface area contributed by atoms with Crippen molar-refractivity contribution in [3.05, 3.63) is 83.7 Å². The van der Waals surface area contributed by atoms with Crippen LogP contribution in [0, 0.1) is 0 Å². The van der Waals surface area contributed by atoms with Crippen molar-refractivity contribution in [3.8, 4) is 22.3 Å². The molecule has 5 rings (SSSR count). The largest absolute Gasteiger partial charge is 0.394 e. The predicted octanol–water partition coefficient (Wildman–Crippen LogP) is 4.56. The van der Waals surface area contributed by atoms with Gasteiger partial charge in [-0.1, -0.05) is 23.7 Å².